The van der Waals surface area contributed by atoms with Gasteiger partial charge in [-0.2, -0.15) is 0 Å². The summed E-state index contributed by atoms with van der Waals surface area (Å²) < 4.78 is 19.2. The first-order chi connectivity index (χ1) is 11.5. The standard InChI is InChI=1S/C18H15ClFNO2S/c1-10(11-4-3-5-13(8-11)23-2)21-18(22)17-16(19)14-7-6-12(20)9-15(14)24-17/h3-10H,1-2H3,(H,21,22). The van der Waals surface area contributed by atoms with Crippen molar-refractivity contribution in [1.82, 2.24) is 5.32 Å². The van der Waals surface area contributed by atoms with E-state index < -0.39 is 0 Å². The van der Waals surface area contributed by atoms with E-state index in [1.165, 1.54) is 23.5 Å². The lowest BCUT2D eigenvalue weighted by atomic mass is 10.1. The summed E-state index contributed by atoms with van der Waals surface area (Å²) >= 11 is 7.47. The van der Waals surface area contributed by atoms with E-state index in [2.05, 4.69) is 5.32 Å². The van der Waals surface area contributed by atoms with Crippen LogP contribution >= 0.6 is 22.9 Å². The monoisotopic (exact) mass is 363 g/mol. The second-order valence-corrected chi connectivity index (χ2v) is 6.79. The van der Waals surface area contributed by atoms with Crippen molar-refractivity contribution in [2.45, 2.75) is 13.0 Å². The van der Waals surface area contributed by atoms with Gasteiger partial charge in [0.2, 0.25) is 0 Å². The first-order valence-electron chi connectivity index (χ1n) is 7.32. The number of methoxy groups -OCH3 is 1. The Hall–Kier alpha value is -2.11. The Balaban J connectivity index is 1.85. The van der Waals surface area contributed by atoms with Crippen LogP contribution in [0.25, 0.3) is 10.1 Å². The van der Waals surface area contributed by atoms with Gasteiger partial charge in [0.05, 0.1) is 18.2 Å². The van der Waals surface area contributed by atoms with Gasteiger partial charge in [-0.1, -0.05) is 23.7 Å². The van der Waals surface area contributed by atoms with Gasteiger partial charge in [0.25, 0.3) is 5.91 Å². The fourth-order valence-corrected chi connectivity index (χ4v) is 3.89. The molecule has 0 bridgehead atoms. The maximum absolute atomic E-state index is 13.3. The molecule has 0 radical (unpaired) electrons. The van der Waals surface area contributed by atoms with E-state index in [1.807, 2.05) is 31.2 Å². The predicted molar refractivity (Wildman–Crippen MR) is 95.7 cm³/mol. The number of amides is 1. The summed E-state index contributed by atoms with van der Waals surface area (Å²) in [6.07, 6.45) is 0. The summed E-state index contributed by atoms with van der Waals surface area (Å²) in [5, 5.41) is 3.95. The van der Waals surface area contributed by atoms with Gasteiger partial charge in [0.15, 0.2) is 0 Å². The molecule has 1 atom stereocenters. The van der Waals surface area contributed by atoms with E-state index in [0.717, 1.165) is 11.3 Å². The highest BCUT2D eigenvalue weighted by atomic mass is 35.5. The Morgan fingerprint density at radius 3 is 2.83 bits per heavy atom. The number of benzene rings is 2. The normalized spacial score (nSPS) is 12.2. The highest BCUT2D eigenvalue weighted by molar-refractivity contribution is 7.21. The second kappa shape index (κ2) is 6.79. The number of fused-ring (bicyclic) bond motifs is 1. The molecule has 0 aliphatic carbocycles. The molecule has 1 N–H and O–H groups in total. The predicted octanol–water partition coefficient (Wildman–Crippen LogP) is 5.19. The number of nitrogens with one attached hydrogen (secondary N) is 1. The van der Waals surface area contributed by atoms with Crippen molar-refractivity contribution in [3.8, 4) is 5.75 Å². The first-order valence-corrected chi connectivity index (χ1v) is 8.51. The number of rotatable bonds is 4. The molecule has 0 aliphatic heterocycles. The third-order valence-electron chi connectivity index (χ3n) is 3.74. The molecule has 124 valence electrons. The van der Waals surface area contributed by atoms with Gasteiger partial charge in [-0.15, -0.1) is 11.3 Å². The van der Waals surface area contributed by atoms with Crippen LogP contribution in [0.15, 0.2) is 42.5 Å². The zero-order valence-electron chi connectivity index (χ0n) is 13.1. The van der Waals surface area contributed by atoms with Crippen LogP contribution in [0, 0.1) is 5.82 Å². The Morgan fingerprint density at radius 1 is 1.29 bits per heavy atom. The molecule has 3 aromatic rings. The lowest BCUT2D eigenvalue weighted by Gasteiger charge is -2.14. The van der Waals surface area contributed by atoms with Crippen LogP contribution in [0.4, 0.5) is 4.39 Å². The highest BCUT2D eigenvalue weighted by Gasteiger charge is 2.19. The molecule has 3 rings (SSSR count). The third-order valence-corrected chi connectivity index (χ3v) is 5.40. The molecule has 24 heavy (non-hydrogen) atoms. The van der Waals surface area contributed by atoms with Gasteiger partial charge in [0.1, 0.15) is 16.4 Å². The number of hydrogen-bond acceptors (Lipinski definition) is 3. The molecule has 1 heterocycles. The van der Waals surface area contributed by atoms with Crippen LogP contribution in [0.2, 0.25) is 5.02 Å². The van der Waals surface area contributed by atoms with E-state index in [-0.39, 0.29) is 17.8 Å². The smallest absolute Gasteiger partial charge is 0.263 e. The SMILES string of the molecule is COc1cccc(C(C)NC(=O)c2sc3cc(F)ccc3c2Cl)c1. The average molecular weight is 364 g/mol. The molecule has 0 spiro atoms. The fourth-order valence-electron chi connectivity index (χ4n) is 2.44. The Bertz CT molecular complexity index is 909. The Morgan fingerprint density at radius 2 is 2.08 bits per heavy atom. The van der Waals surface area contributed by atoms with E-state index in [1.54, 1.807) is 13.2 Å². The van der Waals surface area contributed by atoms with Crippen LogP contribution < -0.4 is 10.1 Å². The number of thiophene rings is 1. The lowest BCUT2D eigenvalue weighted by molar-refractivity contribution is 0.0944. The second-order valence-electron chi connectivity index (χ2n) is 5.36. The Labute approximate surface area is 148 Å². The molecular weight excluding hydrogens is 349 g/mol. The summed E-state index contributed by atoms with van der Waals surface area (Å²) in [5.41, 5.74) is 0.922. The number of carbonyl (C=O) groups is 1. The quantitative estimate of drug-likeness (QED) is 0.692. The van der Waals surface area contributed by atoms with Crippen LogP contribution in [-0.2, 0) is 0 Å². The van der Waals surface area contributed by atoms with Crippen molar-refractivity contribution in [3.63, 3.8) is 0 Å². The van der Waals surface area contributed by atoms with Crippen LogP contribution in [0.5, 0.6) is 5.75 Å². The minimum Gasteiger partial charge on any atom is -0.497 e. The van der Waals surface area contributed by atoms with E-state index >= 15 is 0 Å². The molecule has 0 saturated carbocycles. The maximum atomic E-state index is 13.3. The number of halogens is 2. The van der Waals surface area contributed by atoms with Crippen LogP contribution in [0.1, 0.15) is 28.2 Å². The Kier molecular flexibility index (Phi) is 4.73. The summed E-state index contributed by atoms with van der Waals surface area (Å²) in [6.45, 7) is 1.88. The van der Waals surface area contributed by atoms with Gasteiger partial charge >= 0.3 is 0 Å². The van der Waals surface area contributed by atoms with Gasteiger partial charge in [-0.3, -0.25) is 4.79 Å². The van der Waals surface area contributed by atoms with Crippen molar-refractivity contribution in [1.29, 1.82) is 0 Å². The van der Waals surface area contributed by atoms with Crippen molar-refractivity contribution in [2.75, 3.05) is 7.11 Å². The number of carbonyl (C=O) groups excluding carboxylic acids is 1. The van der Waals surface area contributed by atoms with Crippen LogP contribution in [0.3, 0.4) is 0 Å². The summed E-state index contributed by atoms with van der Waals surface area (Å²) in [4.78, 5) is 12.9. The molecule has 0 saturated heterocycles. The fraction of sp³-hybridized carbons (Fsp3) is 0.167. The minimum atomic E-state index is -0.350. The summed E-state index contributed by atoms with van der Waals surface area (Å²) in [5.74, 6) is 0.0954. The van der Waals surface area contributed by atoms with E-state index in [0.29, 0.717) is 20.0 Å². The molecule has 0 fully saturated rings. The van der Waals surface area contributed by atoms with Crippen molar-refractivity contribution < 1.29 is 13.9 Å². The van der Waals surface area contributed by atoms with Gasteiger partial charge in [-0.25, -0.2) is 4.39 Å². The van der Waals surface area contributed by atoms with Gasteiger partial charge in [-0.05, 0) is 42.8 Å². The highest BCUT2D eigenvalue weighted by Crippen LogP contribution is 2.36. The van der Waals surface area contributed by atoms with Crippen molar-refractivity contribution >= 4 is 38.9 Å². The molecular formula is C18H15ClFNO2S. The molecule has 1 amide bonds. The average Bonchev–Trinajstić information content (AvgIpc) is 2.91. The minimum absolute atomic E-state index is 0.217. The molecule has 1 unspecified atom stereocenters. The molecule has 0 aliphatic rings. The topological polar surface area (TPSA) is 38.3 Å². The third kappa shape index (κ3) is 3.23. The van der Waals surface area contributed by atoms with Crippen molar-refractivity contribution in [2.24, 2.45) is 0 Å². The molecule has 6 heteroatoms. The largest absolute Gasteiger partial charge is 0.497 e. The lowest BCUT2D eigenvalue weighted by Crippen LogP contribution is -2.26. The maximum Gasteiger partial charge on any atom is 0.263 e. The van der Waals surface area contributed by atoms with Crippen molar-refractivity contribution in [3.05, 3.63) is 63.7 Å². The molecule has 2 aromatic carbocycles. The zero-order valence-corrected chi connectivity index (χ0v) is 14.7. The zero-order chi connectivity index (χ0) is 17.3. The summed E-state index contributed by atoms with van der Waals surface area (Å²) in [7, 11) is 1.60. The molecule has 3 nitrogen and oxygen atoms in total. The summed E-state index contributed by atoms with van der Waals surface area (Å²) in [6, 6.07) is 11.6. The molecule has 1 aromatic heterocycles. The number of ether oxygens (including phenoxy) is 1. The van der Waals surface area contributed by atoms with E-state index in [9.17, 15) is 9.18 Å². The van der Waals surface area contributed by atoms with Crippen LogP contribution in [-0.4, -0.2) is 13.0 Å². The first kappa shape index (κ1) is 16.7. The van der Waals surface area contributed by atoms with E-state index in [4.69, 9.17) is 16.3 Å². The van der Waals surface area contributed by atoms with Gasteiger partial charge in [0, 0.05) is 10.1 Å². The van der Waals surface area contributed by atoms with Gasteiger partial charge < -0.3 is 10.1 Å². The number of hydrogen-bond donors (Lipinski definition) is 1.